The van der Waals surface area contributed by atoms with Crippen molar-refractivity contribution >= 4 is 50.8 Å². The molecule has 0 aliphatic carbocycles. The summed E-state index contributed by atoms with van der Waals surface area (Å²) in [5.74, 6) is 1.37. The molecule has 1 N–H and O–H groups in total. The first-order valence-corrected chi connectivity index (χ1v) is 11.5. The molecule has 0 radical (unpaired) electrons. The van der Waals surface area contributed by atoms with Crippen molar-refractivity contribution in [2.75, 3.05) is 5.75 Å². The Kier molecular flexibility index (Phi) is 6.26. The van der Waals surface area contributed by atoms with Crippen molar-refractivity contribution in [2.24, 2.45) is 0 Å². The molecule has 0 saturated carbocycles. The Morgan fingerprint density at radius 3 is 2.80 bits per heavy atom. The van der Waals surface area contributed by atoms with Crippen molar-refractivity contribution in [1.82, 2.24) is 14.9 Å². The lowest BCUT2D eigenvalue weighted by atomic mass is 10.2. The van der Waals surface area contributed by atoms with Crippen molar-refractivity contribution in [1.29, 1.82) is 0 Å². The molecule has 0 aliphatic rings. The third-order valence-electron chi connectivity index (χ3n) is 4.43. The number of thioether (sulfide) groups is 1. The van der Waals surface area contributed by atoms with Crippen LogP contribution in [0.15, 0.2) is 62.2 Å². The van der Waals surface area contributed by atoms with Gasteiger partial charge in [-0.1, -0.05) is 23.4 Å². The quantitative estimate of drug-likeness (QED) is 0.317. The average molecular weight is 460 g/mol. The SMILES string of the molecule is CCn1c(SCC(=O)NCc2ccc(-c3ccc(Cl)cc3)o2)nc2ccsc2c1=O. The Labute approximate surface area is 185 Å². The molecular weight excluding hydrogens is 442 g/mol. The van der Waals surface area contributed by atoms with Crippen LogP contribution in [0.2, 0.25) is 5.02 Å². The molecule has 1 amide bonds. The summed E-state index contributed by atoms with van der Waals surface area (Å²) in [6.07, 6.45) is 0. The summed E-state index contributed by atoms with van der Waals surface area (Å²) >= 11 is 8.54. The fourth-order valence-electron chi connectivity index (χ4n) is 2.92. The van der Waals surface area contributed by atoms with Crippen LogP contribution in [-0.4, -0.2) is 21.2 Å². The van der Waals surface area contributed by atoms with Crippen LogP contribution in [0.5, 0.6) is 0 Å². The third-order valence-corrected chi connectivity index (χ3v) is 6.55. The van der Waals surface area contributed by atoms with E-state index in [1.165, 1.54) is 23.1 Å². The molecule has 4 aromatic rings. The largest absolute Gasteiger partial charge is 0.459 e. The molecule has 0 saturated heterocycles. The predicted octanol–water partition coefficient (Wildman–Crippen LogP) is 4.80. The van der Waals surface area contributed by atoms with Crippen LogP contribution in [0.4, 0.5) is 0 Å². The van der Waals surface area contributed by atoms with Gasteiger partial charge in [-0.3, -0.25) is 14.2 Å². The number of rotatable bonds is 7. The number of benzene rings is 1. The number of hydrogen-bond donors (Lipinski definition) is 1. The van der Waals surface area contributed by atoms with E-state index in [4.69, 9.17) is 16.0 Å². The van der Waals surface area contributed by atoms with Crippen LogP contribution in [0.1, 0.15) is 12.7 Å². The maximum atomic E-state index is 12.5. The molecule has 0 atom stereocenters. The molecule has 3 heterocycles. The minimum Gasteiger partial charge on any atom is -0.459 e. The maximum absolute atomic E-state index is 12.5. The highest BCUT2D eigenvalue weighted by Gasteiger charge is 2.13. The molecule has 6 nitrogen and oxygen atoms in total. The fraction of sp³-hybridized carbons (Fsp3) is 0.190. The molecule has 4 rings (SSSR count). The number of fused-ring (bicyclic) bond motifs is 1. The predicted molar refractivity (Wildman–Crippen MR) is 121 cm³/mol. The van der Waals surface area contributed by atoms with Gasteiger partial charge in [-0.15, -0.1) is 11.3 Å². The number of halogens is 1. The van der Waals surface area contributed by atoms with Gasteiger partial charge in [-0.2, -0.15) is 0 Å². The smallest absolute Gasteiger partial charge is 0.272 e. The number of hydrogen-bond acceptors (Lipinski definition) is 6. The Bertz CT molecular complexity index is 1240. The number of nitrogens with zero attached hydrogens (tertiary/aromatic N) is 2. The van der Waals surface area contributed by atoms with Crippen LogP contribution in [-0.2, 0) is 17.9 Å². The van der Waals surface area contributed by atoms with Crippen LogP contribution < -0.4 is 10.9 Å². The Balaban J connectivity index is 1.36. The number of furan rings is 1. The number of thiophene rings is 1. The van der Waals surface area contributed by atoms with Crippen LogP contribution in [0, 0.1) is 0 Å². The van der Waals surface area contributed by atoms with E-state index in [1.54, 1.807) is 16.7 Å². The van der Waals surface area contributed by atoms with Gasteiger partial charge in [0.25, 0.3) is 5.56 Å². The van der Waals surface area contributed by atoms with E-state index >= 15 is 0 Å². The average Bonchev–Trinajstić information content (AvgIpc) is 3.41. The van der Waals surface area contributed by atoms with E-state index in [2.05, 4.69) is 10.3 Å². The summed E-state index contributed by atoms with van der Waals surface area (Å²) in [5, 5.41) is 5.90. The van der Waals surface area contributed by atoms with E-state index in [-0.39, 0.29) is 23.8 Å². The van der Waals surface area contributed by atoms with Crippen LogP contribution in [0.3, 0.4) is 0 Å². The van der Waals surface area contributed by atoms with Gasteiger partial charge in [0.05, 0.1) is 17.8 Å². The second-order valence-corrected chi connectivity index (χ2v) is 8.71. The first kappa shape index (κ1) is 20.7. The second kappa shape index (κ2) is 9.07. The molecule has 0 fully saturated rings. The molecular formula is C21H18ClN3O3S2. The van der Waals surface area contributed by atoms with Gasteiger partial charge in [0, 0.05) is 17.1 Å². The highest BCUT2D eigenvalue weighted by molar-refractivity contribution is 7.99. The van der Waals surface area contributed by atoms with E-state index in [9.17, 15) is 9.59 Å². The Morgan fingerprint density at radius 2 is 2.03 bits per heavy atom. The van der Waals surface area contributed by atoms with Gasteiger partial charge in [-0.25, -0.2) is 4.98 Å². The van der Waals surface area contributed by atoms with Gasteiger partial charge in [0.2, 0.25) is 5.91 Å². The number of nitrogens with one attached hydrogen (secondary N) is 1. The van der Waals surface area contributed by atoms with Gasteiger partial charge in [0.1, 0.15) is 16.2 Å². The first-order valence-electron chi connectivity index (χ1n) is 9.27. The monoisotopic (exact) mass is 459 g/mol. The molecule has 30 heavy (non-hydrogen) atoms. The van der Waals surface area contributed by atoms with E-state index in [0.29, 0.717) is 38.5 Å². The molecule has 1 aromatic carbocycles. The minimum atomic E-state index is -0.160. The van der Waals surface area contributed by atoms with Crippen LogP contribution in [0.25, 0.3) is 21.5 Å². The maximum Gasteiger partial charge on any atom is 0.272 e. The zero-order chi connectivity index (χ0) is 21.1. The topological polar surface area (TPSA) is 77.1 Å². The fourth-order valence-corrected chi connectivity index (χ4v) is 4.72. The molecule has 0 bridgehead atoms. The highest BCUT2D eigenvalue weighted by Crippen LogP contribution is 2.24. The normalized spacial score (nSPS) is 11.1. The van der Waals surface area contributed by atoms with E-state index in [1.807, 2.05) is 42.6 Å². The summed E-state index contributed by atoms with van der Waals surface area (Å²) < 4.78 is 8.03. The molecule has 0 spiro atoms. The van der Waals surface area contributed by atoms with Gasteiger partial charge in [-0.05, 0) is 54.8 Å². The summed E-state index contributed by atoms with van der Waals surface area (Å²) in [5.41, 5.74) is 1.52. The Hall–Kier alpha value is -2.55. The molecule has 3 aromatic heterocycles. The van der Waals surface area contributed by atoms with Gasteiger partial charge >= 0.3 is 0 Å². The summed E-state index contributed by atoms with van der Waals surface area (Å²) in [4.78, 5) is 29.4. The van der Waals surface area contributed by atoms with E-state index in [0.717, 1.165) is 5.56 Å². The lowest BCUT2D eigenvalue weighted by Gasteiger charge is -2.09. The second-order valence-electron chi connectivity index (χ2n) is 6.42. The zero-order valence-corrected chi connectivity index (χ0v) is 18.4. The standard InChI is InChI=1S/C21H18ClN3O3S2/c1-2-25-20(27)19-16(9-10-29-19)24-21(25)30-12-18(26)23-11-15-7-8-17(28-15)13-3-5-14(22)6-4-13/h3-10H,2,11-12H2,1H3,(H,23,26). The summed E-state index contributed by atoms with van der Waals surface area (Å²) in [7, 11) is 0. The molecule has 0 aliphatic heterocycles. The molecule has 0 unspecified atom stereocenters. The first-order chi connectivity index (χ1) is 14.5. The number of carbonyl (C=O) groups is 1. The van der Waals surface area contributed by atoms with Crippen LogP contribution >= 0.6 is 34.7 Å². The minimum absolute atomic E-state index is 0.0641. The zero-order valence-electron chi connectivity index (χ0n) is 16.1. The number of carbonyl (C=O) groups excluding carboxylic acids is 1. The summed E-state index contributed by atoms with van der Waals surface area (Å²) in [6, 6.07) is 12.9. The van der Waals surface area contributed by atoms with E-state index < -0.39 is 0 Å². The lowest BCUT2D eigenvalue weighted by molar-refractivity contribution is -0.118. The van der Waals surface area contributed by atoms with Gasteiger partial charge in [0.15, 0.2) is 5.16 Å². The van der Waals surface area contributed by atoms with Crippen molar-refractivity contribution in [3.8, 4) is 11.3 Å². The van der Waals surface area contributed by atoms with Crippen molar-refractivity contribution in [3.05, 3.63) is 69.0 Å². The number of aromatic nitrogens is 2. The number of amides is 1. The lowest BCUT2D eigenvalue weighted by Crippen LogP contribution is -2.26. The van der Waals surface area contributed by atoms with Gasteiger partial charge < -0.3 is 9.73 Å². The van der Waals surface area contributed by atoms with Crippen molar-refractivity contribution in [2.45, 2.75) is 25.2 Å². The Morgan fingerprint density at radius 1 is 1.23 bits per heavy atom. The van der Waals surface area contributed by atoms with Crippen molar-refractivity contribution in [3.63, 3.8) is 0 Å². The summed E-state index contributed by atoms with van der Waals surface area (Å²) in [6.45, 7) is 2.68. The van der Waals surface area contributed by atoms with Crippen molar-refractivity contribution < 1.29 is 9.21 Å². The highest BCUT2D eigenvalue weighted by atomic mass is 35.5. The molecule has 154 valence electrons. The molecule has 9 heteroatoms. The third kappa shape index (κ3) is 4.45.